The summed E-state index contributed by atoms with van der Waals surface area (Å²) in [4.78, 5) is 12.0. The van der Waals surface area contributed by atoms with E-state index in [1.54, 1.807) is 0 Å². The lowest BCUT2D eigenvalue weighted by Crippen LogP contribution is -2.70. The maximum absolute atomic E-state index is 12.1. The van der Waals surface area contributed by atoms with Gasteiger partial charge in [-0.2, -0.15) is 0 Å². The lowest BCUT2D eigenvalue weighted by Gasteiger charge is -2.50. The minimum absolute atomic E-state index is 0.706. The first-order chi connectivity index (χ1) is 38.6. The lowest BCUT2D eigenvalue weighted by atomic mass is 9.92. The summed E-state index contributed by atoms with van der Waals surface area (Å²) < 4.78 is 74.7. The second-order valence-electron chi connectivity index (χ2n) is 21.0. The Labute approximate surface area is 463 Å². The van der Waals surface area contributed by atoms with Gasteiger partial charge in [0.25, 0.3) is 5.79 Å². The highest BCUT2D eigenvalue weighted by Crippen LogP contribution is 2.38. The van der Waals surface area contributed by atoms with E-state index >= 15 is 0 Å². The summed E-state index contributed by atoms with van der Waals surface area (Å²) in [6, 6.07) is -6.52. The highest BCUT2D eigenvalue weighted by Gasteiger charge is 2.58. The summed E-state index contributed by atoms with van der Waals surface area (Å²) in [5.74, 6) is -5.20. The topological polar surface area (TPSA) is 646 Å². The van der Waals surface area contributed by atoms with E-state index in [0.717, 1.165) is 0 Å². The van der Waals surface area contributed by atoms with E-state index in [1.165, 1.54) is 0 Å². The molecule has 0 saturated carbocycles. The Hall–Kier alpha value is -1.97. The van der Waals surface area contributed by atoms with Gasteiger partial charge < -0.3 is 187 Å². The highest BCUT2D eigenvalue weighted by atomic mass is 16.8. The number of aliphatic carboxylic acids is 1. The molecule has 0 spiro atoms. The van der Waals surface area contributed by atoms with Crippen molar-refractivity contribution < 1.29 is 169 Å². The van der Waals surface area contributed by atoms with Gasteiger partial charge >= 0.3 is 5.97 Å². The van der Waals surface area contributed by atoms with E-state index in [4.69, 9.17) is 84.5 Å². The van der Waals surface area contributed by atoms with Crippen LogP contribution in [0.1, 0.15) is 6.42 Å². The first-order valence-electron chi connectivity index (χ1n) is 26.0. The number of carboxylic acid groups (broad SMARTS) is 1. The molecule has 0 bridgehead atoms. The smallest absolute Gasteiger partial charge is 0.364 e. The molecule has 0 aromatic carbocycles. The molecule has 38 heteroatoms. The average Bonchev–Trinajstić information content (AvgIpc) is 3.60. The molecule has 7 aliphatic rings. The van der Waals surface area contributed by atoms with Crippen LogP contribution in [-0.2, 0) is 66.4 Å². The van der Waals surface area contributed by atoms with Gasteiger partial charge in [0.05, 0.1) is 76.5 Å². The largest absolute Gasteiger partial charge is 0.477 e. The van der Waals surface area contributed by atoms with Crippen LogP contribution in [0.25, 0.3) is 0 Å². The van der Waals surface area contributed by atoms with Crippen molar-refractivity contribution >= 4 is 5.97 Å². The predicted octanol–water partition coefficient (Wildman–Crippen LogP) is -16.6. The summed E-state index contributed by atoms with van der Waals surface area (Å²) in [5.41, 5.74) is 24.9. The Balaban J connectivity index is 1.16. The molecule has 7 heterocycles. The third-order valence-corrected chi connectivity index (χ3v) is 15.4. The van der Waals surface area contributed by atoms with Crippen LogP contribution < -0.4 is 22.9 Å². The number of carboxylic acids is 1. The number of aliphatic hydroxyl groups is 19. The van der Waals surface area contributed by atoms with Gasteiger partial charge in [-0.25, -0.2) is 4.79 Å². The Kier molecular flexibility index (Phi) is 23.4. The summed E-state index contributed by atoms with van der Waals surface area (Å²) >= 11 is 0. The first-order valence-corrected chi connectivity index (χ1v) is 26.0. The second-order valence-corrected chi connectivity index (χ2v) is 21.0. The molecule has 38 nitrogen and oxygen atoms in total. The average molecular weight is 1210 g/mol. The van der Waals surface area contributed by atoms with Crippen LogP contribution in [0.2, 0.25) is 0 Å². The van der Waals surface area contributed by atoms with E-state index in [2.05, 4.69) is 0 Å². The quantitative estimate of drug-likeness (QED) is 0.0507. The van der Waals surface area contributed by atoms with Crippen molar-refractivity contribution in [2.24, 2.45) is 22.9 Å². The molecular weight excluding hydrogens is 1130 g/mol. The first kappa shape index (κ1) is 67.5. The molecule has 0 aliphatic carbocycles. The van der Waals surface area contributed by atoms with Crippen molar-refractivity contribution in [3.8, 4) is 0 Å². The Morgan fingerprint density at radius 3 is 1.32 bits per heavy atom. The zero-order valence-corrected chi connectivity index (χ0v) is 43.3. The summed E-state index contributed by atoms with van der Waals surface area (Å²) in [5, 5.41) is 212. The zero-order chi connectivity index (χ0) is 60.6. The fraction of sp³-hybridized carbons (Fsp3) is 0.977. The molecule has 28 N–H and O–H groups in total. The number of hydrogen-bond donors (Lipinski definition) is 24. The van der Waals surface area contributed by atoms with Gasteiger partial charge in [0.2, 0.25) is 0 Å². The van der Waals surface area contributed by atoms with Crippen LogP contribution in [0.3, 0.4) is 0 Å². The summed E-state index contributed by atoms with van der Waals surface area (Å²) in [6.07, 6.45) is -57.4. The SMILES string of the molecule is N[C@H]1[C@H](OC[C@H]2O[C@@H](O[C@H]3[C@H](O)[C@@H](N)[C@H](O[C@@H]4[C@H](O)[C@@H](O[C@H]5[C@@H]([C@H](O)CO)O[C@](O)(C(=O)O)C[C@H]5O)O[C@H](CO[C@@H]5O[C@H](CO)[C@@H](O)[C@H](O)[C@H]5O)[C@H]4O)O[C@@H]3CO[C@@H]3O[C@H](CO)[C@@H](O)[C@H](O)[C@H]3N)[C@H](N)[C@@H](O)[C@@H]2O)O[C@H](CO)[C@@H](O)[C@@H]1O. The van der Waals surface area contributed by atoms with Crippen molar-refractivity contribution in [2.75, 3.05) is 46.2 Å². The third kappa shape index (κ3) is 14.1. The molecule has 7 rings (SSSR count). The molecule has 478 valence electrons. The number of rotatable bonds is 21. The molecule has 35 atom stereocenters. The number of carbonyl (C=O) groups is 1. The Bertz CT molecular complexity index is 2000. The van der Waals surface area contributed by atoms with Gasteiger partial charge in [-0.05, 0) is 0 Å². The fourth-order valence-electron chi connectivity index (χ4n) is 10.3. The highest BCUT2D eigenvalue weighted by molar-refractivity contribution is 5.75. The minimum Gasteiger partial charge on any atom is -0.477 e. The molecule has 7 fully saturated rings. The summed E-state index contributed by atoms with van der Waals surface area (Å²) in [6.45, 7) is -6.23. The zero-order valence-electron chi connectivity index (χ0n) is 43.3. The van der Waals surface area contributed by atoms with Gasteiger partial charge in [-0.15, -0.1) is 0 Å². The number of aliphatic hydroxyl groups excluding tert-OH is 18. The molecule has 0 aromatic heterocycles. The predicted molar refractivity (Wildman–Crippen MR) is 251 cm³/mol. The van der Waals surface area contributed by atoms with Crippen molar-refractivity contribution in [2.45, 2.75) is 221 Å². The van der Waals surface area contributed by atoms with Gasteiger partial charge in [-0.3, -0.25) is 0 Å². The second kappa shape index (κ2) is 28.5. The van der Waals surface area contributed by atoms with Crippen molar-refractivity contribution in [3.05, 3.63) is 0 Å². The third-order valence-electron chi connectivity index (χ3n) is 15.4. The van der Waals surface area contributed by atoms with Crippen LogP contribution in [0.15, 0.2) is 0 Å². The van der Waals surface area contributed by atoms with Crippen molar-refractivity contribution in [1.29, 1.82) is 0 Å². The standard InChI is InChI=1S/C44H78N4O34/c45-17-26(60)21(55)11(3-50)73-37(17)70-6-14-24(58)28(62)19(47)39(76-14)80-35-16(8-71-38-18(46)27(61)22(56)12(4-51)74-38)78-40(20(48)29(35)63)81-36-25(59)15(7-72-41-31(65)30(64)23(57)13(5-52)75-41)77-42(32(36)66)79-33-9(53)1-44(69,43(67)68)82-34(33)10(54)2-49/h9-42,49-66,69H,1-8,45-48H2,(H,67,68)/t9-,10-,11-,12-,13-,14-,15-,16-,17-,18-,19-,20-,21-,22-,23-,24-,25-,26-,27-,28-,29-,30+,31-,32+,33-,34-,35-,36+,37-,38-,39+,40+,41-,42-,44+/m1/s1. The van der Waals surface area contributed by atoms with Crippen LogP contribution in [-0.4, -0.2) is 369 Å². The molecule has 7 aliphatic heterocycles. The number of nitrogens with two attached hydrogens (primary N) is 4. The van der Waals surface area contributed by atoms with Crippen LogP contribution in [0.5, 0.6) is 0 Å². The Morgan fingerprint density at radius 1 is 0.439 bits per heavy atom. The molecule has 0 unspecified atom stereocenters. The monoisotopic (exact) mass is 1210 g/mol. The van der Waals surface area contributed by atoms with Crippen molar-refractivity contribution in [3.63, 3.8) is 0 Å². The van der Waals surface area contributed by atoms with Gasteiger partial charge in [0.15, 0.2) is 37.7 Å². The molecule has 82 heavy (non-hydrogen) atoms. The fourth-order valence-corrected chi connectivity index (χ4v) is 10.3. The van der Waals surface area contributed by atoms with E-state index in [9.17, 15) is 107 Å². The van der Waals surface area contributed by atoms with Gasteiger partial charge in [-0.1, -0.05) is 0 Å². The molecule has 0 amide bonds. The van der Waals surface area contributed by atoms with Crippen LogP contribution >= 0.6 is 0 Å². The molecule has 0 aromatic rings. The van der Waals surface area contributed by atoms with Gasteiger partial charge in [0.1, 0.15) is 140 Å². The van der Waals surface area contributed by atoms with Gasteiger partial charge in [0, 0.05) is 6.42 Å². The number of hydrogen-bond acceptors (Lipinski definition) is 37. The lowest BCUT2D eigenvalue weighted by molar-refractivity contribution is -0.384. The normalized spacial score (nSPS) is 51.8. The maximum Gasteiger partial charge on any atom is 0.364 e. The van der Waals surface area contributed by atoms with E-state index in [1.807, 2.05) is 0 Å². The van der Waals surface area contributed by atoms with E-state index in [0.29, 0.717) is 0 Å². The molecule has 0 radical (unpaired) electrons. The van der Waals surface area contributed by atoms with E-state index < -0.39 is 273 Å². The van der Waals surface area contributed by atoms with Crippen molar-refractivity contribution in [1.82, 2.24) is 0 Å². The maximum atomic E-state index is 12.1. The van der Waals surface area contributed by atoms with E-state index in [-0.39, 0.29) is 0 Å². The Morgan fingerprint density at radius 2 is 0.817 bits per heavy atom. The molecular formula is C44H78N4O34. The number of ether oxygens (including phenoxy) is 13. The minimum atomic E-state index is -3.17. The summed E-state index contributed by atoms with van der Waals surface area (Å²) in [7, 11) is 0. The molecule has 7 saturated heterocycles. The van der Waals surface area contributed by atoms with Crippen LogP contribution in [0, 0.1) is 0 Å². The van der Waals surface area contributed by atoms with Crippen LogP contribution in [0.4, 0.5) is 0 Å².